The molecule has 0 bridgehead atoms. The molecule has 1 fully saturated rings. The zero-order valence-electron chi connectivity index (χ0n) is 13.9. The largest absolute Gasteiger partial charge is 0.369 e. The Morgan fingerprint density at radius 2 is 1.84 bits per heavy atom. The van der Waals surface area contributed by atoms with E-state index in [4.69, 9.17) is 5.73 Å². The summed E-state index contributed by atoms with van der Waals surface area (Å²) >= 11 is 1.53. The smallest absolute Gasteiger partial charge is 0.124 e. The molecule has 2 aromatic carbocycles. The van der Waals surface area contributed by atoms with E-state index in [-0.39, 0.29) is 12.0 Å². The van der Waals surface area contributed by atoms with Crippen molar-refractivity contribution >= 4 is 27.2 Å². The Kier molecular flexibility index (Phi) is 4.65. The van der Waals surface area contributed by atoms with E-state index in [1.807, 2.05) is 6.07 Å². The molecular weight excluding hydrogens is 335 g/mol. The minimum Gasteiger partial charge on any atom is -0.369 e. The second kappa shape index (κ2) is 7.07. The third-order valence-corrected chi connectivity index (χ3v) is 5.72. The first kappa shape index (κ1) is 16.4. The second-order valence-corrected chi connectivity index (χ2v) is 7.46. The second-order valence-electron chi connectivity index (χ2n) is 6.35. The zero-order valence-corrected chi connectivity index (χ0v) is 14.8. The molecule has 4 nitrogen and oxygen atoms in total. The maximum Gasteiger partial charge on any atom is 0.124 e. The Balaban J connectivity index is 1.37. The minimum absolute atomic E-state index is 0.0525. The Labute approximate surface area is 150 Å². The summed E-state index contributed by atoms with van der Waals surface area (Å²) in [5.74, 6) is -0.218. The molecule has 130 valence electrons. The lowest BCUT2D eigenvalue weighted by molar-refractivity contribution is 0.187. The molecule has 0 aliphatic carbocycles. The molecule has 0 spiro atoms. The molecule has 0 amide bonds. The fraction of sp³-hybridized carbons (Fsp3) is 0.316. The van der Waals surface area contributed by atoms with Crippen LogP contribution < -0.4 is 10.6 Å². The molecule has 6 heteroatoms. The van der Waals surface area contributed by atoms with Crippen LogP contribution in [0.3, 0.4) is 0 Å². The van der Waals surface area contributed by atoms with Crippen molar-refractivity contribution in [3.63, 3.8) is 0 Å². The molecule has 1 atom stereocenters. The molecule has 1 aliphatic heterocycles. The van der Waals surface area contributed by atoms with Gasteiger partial charge in [-0.1, -0.05) is 18.2 Å². The third-order valence-electron chi connectivity index (χ3n) is 4.68. The average molecular weight is 356 g/mol. The summed E-state index contributed by atoms with van der Waals surface area (Å²) in [6.45, 7) is 3.83. The molecule has 4 rings (SSSR count). The molecule has 2 N–H and O–H groups in total. The van der Waals surface area contributed by atoms with Crippen LogP contribution in [0.2, 0.25) is 0 Å². The summed E-state index contributed by atoms with van der Waals surface area (Å²) in [4.78, 5) is 9.29. The third kappa shape index (κ3) is 3.66. The number of piperazine rings is 1. The van der Waals surface area contributed by atoms with Crippen molar-refractivity contribution < 1.29 is 4.39 Å². The molecule has 1 aliphatic rings. The van der Waals surface area contributed by atoms with E-state index in [2.05, 4.69) is 39.0 Å². The number of para-hydroxylation sites is 1. The molecule has 2 heterocycles. The van der Waals surface area contributed by atoms with Crippen LogP contribution in [-0.4, -0.2) is 42.2 Å². The Hall–Kier alpha value is -2.02. The van der Waals surface area contributed by atoms with Crippen LogP contribution in [0, 0.1) is 5.82 Å². The van der Waals surface area contributed by atoms with Crippen molar-refractivity contribution in [2.24, 2.45) is 5.73 Å². The number of hydrogen-bond acceptors (Lipinski definition) is 5. The van der Waals surface area contributed by atoms with Gasteiger partial charge < -0.3 is 10.6 Å². The van der Waals surface area contributed by atoms with Crippen molar-refractivity contribution in [3.8, 4) is 0 Å². The SMILES string of the molecule is NC(Cc1nc2ccc(F)cc2s1)N1CCN(c2ccccc2)CC1. The van der Waals surface area contributed by atoms with Gasteiger partial charge in [0.05, 0.1) is 21.4 Å². The highest BCUT2D eigenvalue weighted by Crippen LogP contribution is 2.24. The molecule has 0 saturated carbocycles. The molecule has 1 aromatic heterocycles. The Morgan fingerprint density at radius 1 is 1.08 bits per heavy atom. The van der Waals surface area contributed by atoms with Gasteiger partial charge in [-0.05, 0) is 30.3 Å². The lowest BCUT2D eigenvalue weighted by Gasteiger charge is -2.38. The van der Waals surface area contributed by atoms with Crippen molar-refractivity contribution in [1.82, 2.24) is 9.88 Å². The zero-order chi connectivity index (χ0) is 17.2. The van der Waals surface area contributed by atoms with E-state index >= 15 is 0 Å². The number of thiazole rings is 1. The molecule has 3 aromatic rings. The van der Waals surface area contributed by atoms with Crippen molar-refractivity contribution in [2.45, 2.75) is 12.6 Å². The molecule has 0 radical (unpaired) electrons. The van der Waals surface area contributed by atoms with Crippen LogP contribution in [0.15, 0.2) is 48.5 Å². The maximum absolute atomic E-state index is 13.3. The van der Waals surface area contributed by atoms with Crippen LogP contribution in [-0.2, 0) is 6.42 Å². The van der Waals surface area contributed by atoms with Gasteiger partial charge in [0.2, 0.25) is 0 Å². The van der Waals surface area contributed by atoms with Crippen molar-refractivity contribution in [2.75, 3.05) is 31.1 Å². The number of fused-ring (bicyclic) bond motifs is 1. The standard InChI is InChI=1S/C19H21FN4S/c20-14-6-7-16-17(12-14)25-19(22-16)13-18(21)24-10-8-23(9-11-24)15-4-2-1-3-5-15/h1-7,12,18H,8-11,13,21H2. The van der Waals surface area contributed by atoms with Gasteiger partial charge in [-0.2, -0.15) is 0 Å². The molecule has 1 saturated heterocycles. The van der Waals surface area contributed by atoms with E-state index < -0.39 is 0 Å². The van der Waals surface area contributed by atoms with Gasteiger partial charge in [-0.25, -0.2) is 9.37 Å². The first-order valence-electron chi connectivity index (χ1n) is 8.54. The lowest BCUT2D eigenvalue weighted by Crippen LogP contribution is -2.54. The van der Waals surface area contributed by atoms with Crippen LogP contribution in [0.25, 0.3) is 10.2 Å². The average Bonchev–Trinajstić information content (AvgIpc) is 3.04. The maximum atomic E-state index is 13.3. The van der Waals surface area contributed by atoms with Crippen molar-refractivity contribution in [1.29, 1.82) is 0 Å². The quantitative estimate of drug-likeness (QED) is 0.780. The summed E-state index contributed by atoms with van der Waals surface area (Å²) < 4.78 is 14.2. The van der Waals surface area contributed by atoms with Gasteiger partial charge in [0, 0.05) is 38.3 Å². The summed E-state index contributed by atoms with van der Waals surface area (Å²) in [6, 6.07) is 15.2. The van der Waals surface area contributed by atoms with Gasteiger partial charge in [0.1, 0.15) is 5.82 Å². The molecule has 1 unspecified atom stereocenters. The topological polar surface area (TPSA) is 45.4 Å². The number of nitrogens with two attached hydrogens (primary N) is 1. The predicted molar refractivity (Wildman–Crippen MR) is 101 cm³/mol. The highest BCUT2D eigenvalue weighted by Gasteiger charge is 2.22. The predicted octanol–water partition coefficient (Wildman–Crippen LogP) is 3.08. The van der Waals surface area contributed by atoms with E-state index in [0.717, 1.165) is 41.4 Å². The fourth-order valence-corrected chi connectivity index (χ4v) is 4.33. The highest BCUT2D eigenvalue weighted by molar-refractivity contribution is 7.18. The Bertz CT molecular complexity index is 843. The van der Waals surface area contributed by atoms with Crippen LogP contribution in [0.4, 0.5) is 10.1 Å². The first-order valence-corrected chi connectivity index (χ1v) is 9.35. The van der Waals surface area contributed by atoms with Crippen LogP contribution >= 0.6 is 11.3 Å². The van der Waals surface area contributed by atoms with E-state index in [1.165, 1.54) is 23.1 Å². The van der Waals surface area contributed by atoms with E-state index in [1.54, 1.807) is 12.1 Å². The van der Waals surface area contributed by atoms with E-state index in [9.17, 15) is 4.39 Å². The monoisotopic (exact) mass is 356 g/mol. The molecule has 25 heavy (non-hydrogen) atoms. The number of rotatable bonds is 4. The van der Waals surface area contributed by atoms with Crippen LogP contribution in [0.5, 0.6) is 0 Å². The lowest BCUT2D eigenvalue weighted by atomic mass is 10.2. The summed E-state index contributed by atoms with van der Waals surface area (Å²) in [7, 11) is 0. The van der Waals surface area contributed by atoms with Gasteiger partial charge in [0.15, 0.2) is 0 Å². The summed E-state index contributed by atoms with van der Waals surface area (Å²) in [5.41, 5.74) is 8.53. The highest BCUT2D eigenvalue weighted by atomic mass is 32.1. The van der Waals surface area contributed by atoms with Gasteiger partial charge in [0.25, 0.3) is 0 Å². The minimum atomic E-state index is -0.218. The fourth-order valence-electron chi connectivity index (χ4n) is 3.29. The van der Waals surface area contributed by atoms with Gasteiger partial charge in [-0.3, -0.25) is 4.90 Å². The number of aromatic nitrogens is 1. The number of nitrogens with zero attached hydrogens (tertiary/aromatic N) is 3. The number of hydrogen-bond donors (Lipinski definition) is 1. The summed E-state index contributed by atoms with van der Waals surface area (Å²) in [6.07, 6.45) is 0.648. The summed E-state index contributed by atoms with van der Waals surface area (Å²) in [5, 5.41) is 0.971. The van der Waals surface area contributed by atoms with Gasteiger partial charge >= 0.3 is 0 Å². The Morgan fingerprint density at radius 3 is 2.60 bits per heavy atom. The van der Waals surface area contributed by atoms with Gasteiger partial charge in [-0.15, -0.1) is 11.3 Å². The normalized spacial score (nSPS) is 17.1. The number of anilines is 1. The number of benzene rings is 2. The first-order chi connectivity index (χ1) is 12.2. The molecular formula is C19H21FN4S. The van der Waals surface area contributed by atoms with E-state index in [0.29, 0.717) is 6.42 Å². The van der Waals surface area contributed by atoms with Crippen molar-refractivity contribution in [3.05, 3.63) is 59.4 Å². The number of halogens is 1. The van der Waals surface area contributed by atoms with Crippen LogP contribution in [0.1, 0.15) is 5.01 Å².